The zero-order valence-electron chi connectivity index (χ0n) is 17.3. The highest BCUT2D eigenvalue weighted by molar-refractivity contribution is 7.10. The van der Waals surface area contributed by atoms with E-state index in [1.54, 1.807) is 17.4 Å². The summed E-state index contributed by atoms with van der Waals surface area (Å²) in [7, 11) is 0. The topological polar surface area (TPSA) is 35.6 Å². The Bertz CT molecular complexity index is 1000. The summed E-state index contributed by atoms with van der Waals surface area (Å²) in [5.74, 6) is -0.793. The van der Waals surface area contributed by atoms with Crippen molar-refractivity contribution >= 4 is 22.9 Å². The summed E-state index contributed by atoms with van der Waals surface area (Å²) in [5, 5.41) is 5.12. The average molecular weight is 442 g/mol. The Morgan fingerprint density at radius 1 is 0.968 bits per heavy atom. The highest BCUT2D eigenvalue weighted by Crippen LogP contribution is 2.30. The lowest BCUT2D eigenvalue weighted by atomic mass is 10.0. The van der Waals surface area contributed by atoms with Crippen molar-refractivity contribution in [3.8, 4) is 0 Å². The molecule has 0 unspecified atom stereocenters. The van der Waals surface area contributed by atoms with E-state index in [0.717, 1.165) is 13.1 Å². The van der Waals surface area contributed by atoms with Crippen LogP contribution >= 0.6 is 11.3 Å². The van der Waals surface area contributed by atoms with Crippen LogP contribution in [0.1, 0.15) is 28.2 Å². The van der Waals surface area contributed by atoms with Gasteiger partial charge in [0.25, 0.3) is 5.91 Å². The van der Waals surface area contributed by atoms with E-state index in [1.807, 2.05) is 30.5 Å². The van der Waals surface area contributed by atoms with Gasteiger partial charge >= 0.3 is 0 Å². The van der Waals surface area contributed by atoms with Gasteiger partial charge in [0.1, 0.15) is 11.6 Å². The van der Waals surface area contributed by atoms with Crippen LogP contribution in [0.25, 0.3) is 0 Å². The van der Waals surface area contributed by atoms with Crippen molar-refractivity contribution in [2.75, 3.05) is 31.1 Å². The fourth-order valence-electron chi connectivity index (χ4n) is 4.12. The van der Waals surface area contributed by atoms with E-state index in [2.05, 4.69) is 21.2 Å². The van der Waals surface area contributed by atoms with Crippen LogP contribution in [0.5, 0.6) is 0 Å². The normalized spacial score (nSPS) is 16.7. The van der Waals surface area contributed by atoms with Gasteiger partial charge in [0, 0.05) is 42.7 Å². The van der Waals surface area contributed by atoms with Crippen molar-refractivity contribution in [2.24, 2.45) is 0 Å². The fraction of sp³-hybridized carbons (Fsp3) is 0.292. The Morgan fingerprint density at radius 2 is 1.68 bits per heavy atom. The highest BCUT2D eigenvalue weighted by atomic mass is 32.1. The maximum absolute atomic E-state index is 14.2. The number of carbonyl (C=O) groups is 1. The number of anilines is 1. The van der Waals surface area contributed by atoms with Crippen LogP contribution in [0.2, 0.25) is 0 Å². The molecule has 1 aliphatic rings. The quantitative estimate of drug-likeness (QED) is 0.602. The second-order valence-corrected chi connectivity index (χ2v) is 8.68. The number of hydrogen-bond acceptors (Lipinski definition) is 4. The van der Waals surface area contributed by atoms with Gasteiger partial charge in [0.15, 0.2) is 0 Å². The molecule has 162 valence electrons. The summed E-state index contributed by atoms with van der Waals surface area (Å²) in [5.41, 5.74) is 1.06. The highest BCUT2D eigenvalue weighted by Gasteiger charge is 2.31. The minimum atomic E-state index is -0.367. The molecule has 1 fully saturated rings. The third-order valence-corrected chi connectivity index (χ3v) is 6.62. The molecule has 4 rings (SSSR count). The second-order valence-electron chi connectivity index (χ2n) is 7.70. The average Bonchev–Trinajstić information content (AvgIpc) is 3.29. The third-order valence-electron chi connectivity index (χ3n) is 5.67. The largest absolute Gasteiger partial charge is 0.367 e. The maximum Gasteiger partial charge on any atom is 0.251 e. The fourth-order valence-corrected chi connectivity index (χ4v) is 5.09. The number of carbonyl (C=O) groups excluding carboxylic acids is 1. The molecule has 0 spiro atoms. The molecule has 0 radical (unpaired) electrons. The maximum atomic E-state index is 14.2. The summed E-state index contributed by atoms with van der Waals surface area (Å²) in [6.45, 7) is 4.93. The molecule has 7 heteroatoms. The van der Waals surface area contributed by atoms with Crippen molar-refractivity contribution < 1.29 is 13.6 Å². The minimum absolute atomic E-state index is 0.00664. The molecule has 3 aromatic rings. The van der Waals surface area contributed by atoms with Gasteiger partial charge in [0.2, 0.25) is 0 Å². The number of piperazine rings is 1. The molecule has 4 nitrogen and oxygen atoms in total. The zero-order chi connectivity index (χ0) is 21.8. The Balaban J connectivity index is 1.47. The molecular weight excluding hydrogens is 416 g/mol. The first-order valence-electron chi connectivity index (χ1n) is 10.4. The van der Waals surface area contributed by atoms with Crippen molar-refractivity contribution in [2.45, 2.75) is 19.0 Å². The van der Waals surface area contributed by atoms with Crippen LogP contribution in [0, 0.1) is 11.6 Å². The van der Waals surface area contributed by atoms with Gasteiger partial charge < -0.3 is 10.2 Å². The van der Waals surface area contributed by atoms with Gasteiger partial charge in [-0.1, -0.05) is 18.2 Å². The molecule has 1 saturated heterocycles. The number of thiophene rings is 1. The first-order chi connectivity index (χ1) is 15.0. The van der Waals surface area contributed by atoms with Gasteiger partial charge in [-0.15, -0.1) is 11.3 Å². The predicted molar refractivity (Wildman–Crippen MR) is 121 cm³/mol. The van der Waals surface area contributed by atoms with Crippen molar-refractivity contribution in [3.05, 3.63) is 88.1 Å². The Hall–Kier alpha value is -2.77. The number of halogens is 2. The molecule has 31 heavy (non-hydrogen) atoms. The summed E-state index contributed by atoms with van der Waals surface area (Å²) in [4.78, 5) is 18.3. The van der Waals surface area contributed by atoms with E-state index < -0.39 is 0 Å². The molecule has 0 aliphatic carbocycles. The monoisotopic (exact) mass is 441 g/mol. The Labute approximate surface area is 185 Å². The van der Waals surface area contributed by atoms with E-state index in [-0.39, 0.29) is 29.6 Å². The standard InChI is InChI=1S/C24H25F2N3OS/c1-17(27-24(30)18-8-10-19(25)11-9-18)23(22-7-4-16-31-22)29-14-12-28(13-15-29)21-6-3-2-5-20(21)26/h2-11,16-17,23H,12-15H2,1H3,(H,27,30)/t17-,23-/m0/s1. The Morgan fingerprint density at radius 3 is 2.32 bits per heavy atom. The van der Waals surface area contributed by atoms with E-state index in [9.17, 15) is 13.6 Å². The van der Waals surface area contributed by atoms with Crippen LogP contribution in [0.3, 0.4) is 0 Å². The lowest BCUT2D eigenvalue weighted by molar-refractivity contribution is 0.0890. The van der Waals surface area contributed by atoms with Crippen LogP contribution in [-0.2, 0) is 0 Å². The van der Waals surface area contributed by atoms with Crippen molar-refractivity contribution in [3.63, 3.8) is 0 Å². The van der Waals surface area contributed by atoms with Crippen LogP contribution < -0.4 is 10.2 Å². The van der Waals surface area contributed by atoms with Gasteiger partial charge in [-0.2, -0.15) is 0 Å². The molecule has 1 amide bonds. The zero-order valence-corrected chi connectivity index (χ0v) is 18.1. The number of nitrogens with zero attached hydrogens (tertiary/aromatic N) is 2. The molecule has 2 aromatic carbocycles. The van der Waals surface area contributed by atoms with Crippen molar-refractivity contribution in [1.29, 1.82) is 0 Å². The third kappa shape index (κ3) is 4.94. The van der Waals surface area contributed by atoms with Gasteiger partial charge in [-0.3, -0.25) is 9.69 Å². The predicted octanol–water partition coefficient (Wildman–Crippen LogP) is 4.71. The molecular formula is C24H25F2N3OS. The van der Waals surface area contributed by atoms with Crippen LogP contribution in [0.4, 0.5) is 14.5 Å². The minimum Gasteiger partial charge on any atom is -0.367 e. The molecule has 0 bridgehead atoms. The number of para-hydroxylation sites is 1. The van der Waals surface area contributed by atoms with Gasteiger partial charge in [0.05, 0.1) is 11.7 Å². The summed E-state index contributed by atoms with van der Waals surface area (Å²) < 4.78 is 27.4. The van der Waals surface area contributed by atoms with Gasteiger partial charge in [-0.25, -0.2) is 8.78 Å². The summed E-state index contributed by atoms with van der Waals surface area (Å²) in [6, 6.07) is 16.4. The molecule has 0 saturated carbocycles. The smallest absolute Gasteiger partial charge is 0.251 e. The number of nitrogens with one attached hydrogen (secondary N) is 1. The van der Waals surface area contributed by atoms with Crippen LogP contribution in [-0.4, -0.2) is 43.0 Å². The lowest BCUT2D eigenvalue weighted by Crippen LogP contribution is -2.52. The van der Waals surface area contributed by atoms with Gasteiger partial charge in [-0.05, 0) is 54.8 Å². The van der Waals surface area contributed by atoms with E-state index >= 15 is 0 Å². The molecule has 2 heterocycles. The van der Waals surface area contributed by atoms with Crippen LogP contribution in [0.15, 0.2) is 66.0 Å². The molecule has 2 atom stereocenters. The number of amides is 1. The number of hydrogen-bond donors (Lipinski definition) is 1. The lowest BCUT2D eigenvalue weighted by Gasteiger charge is -2.42. The first kappa shape index (κ1) is 21.5. The van der Waals surface area contributed by atoms with E-state index in [4.69, 9.17) is 0 Å². The molecule has 1 aliphatic heterocycles. The summed E-state index contributed by atoms with van der Waals surface area (Å²) in [6.07, 6.45) is 0. The number of benzene rings is 2. The van der Waals surface area contributed by atoms with E-state index in [1.165, 1.54) is 35.2 Å². The Kier molecular flexibility index (Phi) is 6.63. The summed E-state index contributed by atoms with van der Waals surface area (Å²) >= 11 is 1.66. The van der Waals surface area contributed by atoms with Crippen molar-refractivity contribution in [1.82, 2.24) is 10.2 Å². The van der Waals surface area contributed by atoms with E-state index in [0.29, 0.717) is 24.3 Å². The molecule has 1 N–H and O–H groups in total. The second kappa shape index (κ2) is 9.58. The molecule has 1 aromatic heterocycles. The SMILES string of the molecule is C[C@H](NC(=O)c1ccc(F)cc1)[C@@H](c1cccs1)N1CCN(c2ccccc2F)CC1. The first-order valence-corrected chi connectivity index (χ1v) is 11.2. The number of rotatable bonds is 6.